The summed E-state index contributed by atoms with van der Waals surface area (Å²) in [6.45, 7) is -0.0313. The van der Waals surface area contributed by atoms with Crippen LogP contribution in [0.1, 0.15) is 16.2 Å². The Morgan fingerprint density at radius 2 is 1.92 bits per heavy atom. The fraction of sp³-hybridized carbons (Fsp3) is 0.176. The number of rotatable bonds is 4. The number of nitrogens with one attached hydrogen (secondary N) is 1. The van der Waals surface area contributed by atoms with Crippen LogP contribution in [0.5, 0.6) is 0 Å². The maximum atomic E-state index is 13.2. The Balaban J connectivity index is 1.78. The van der Waals surface area contributed by atoms with Gasteiger partial charge in [0, 0.05) is 23.7 Å². The lowest BCUT2D eigenvalue weighted by Gasteiger charge is -2.12. The fourth-order valence-corrected chi connectivity index (χ4v) is 2.72. The molecule has 1 aromatic heterocycles. The second kappa shape index (κ2) is 6.76. The van der Waals surface area contributed by atoms with Gasteiger partial charge < -0.3 is 9.88 Å². The molecular weight excluding hydrogens is 355 g/mol. The number of carbonyl (C=O) groups excluding carboxylic acids is 1. The first-order valence-corrected chi connectivity index (χ1v) is 7.80. The van der Waals surface area contributed by atoms with E-state index >= 15 is 0 Å². The molecule has 0 atom stereocenters. The van der Waals surface area contributed by atoms with E-state index in [0.29, 0.717) is 16.1 Å². The number of hydrogen-bond donors (Lipinski definition) is 1. The van der Waals surface area contributed by atoms with Crippen LogP contribution < -0.4 is 5.32 Å². The molecule has 8 heteroatoms. The second-order valence-electron chi connectivity index (χ2n) is 5.34. The summed E-state index contributed by atoms with van der Waals surface area (Å²) in [6.07, 6.45) is -4.57. The lowest BCUT2D eigenvalue weighted by atomic mass is 10.2. The summed E-state index contributed by atoms with van der Waals surface area (Å²) in [5.41, 5.74) is 0.974. The smallest absolute Gasteiger partial charge is 0.350 e. The highest BCUT2D eigenvalue weighted by atomic mass is 35.5. The van der Waals surface area contributed by atoms with Gasteiger partial charge in [0.1, 0.15) is 0 Å². The summed E-state index contributed by atoms with van der Waals surface area (Å²) in [5.74, 6) is -1.38. The van der Waals surface area contributed by atoms with Gasteiger partial charge in [-0.05, 0) is 30.3 Å². The van der Waals surface area contributed by atoms with Crippen molar-refractivity contribution in [2.24, 2.45) is 0 Å². The average molecular weight is 368 g/mol. The zero-order chi connectivity index (χ0) is 18.0. The predicted molar refractivity (Wildman–Crippen MR) is 88.5 cm³/mol. The molecule has 3 aromatic rings. The molecule has 0 aliphatic rings. The molecule has 1 N–H and O–H groups in total. The predicted octanol–water partition coefficient (Wildman–Crippen LogP) is 4.14. The van der Waals surface area contributed by atoms with Crippen LogP contribution in [-0.2, 0) is 12.7 Å². The van der Waals surface area contributed by atoms with Crippen LogP contribution in [0.25, 0.3) is 11.0 Å². The van der Waals surface area contributed by atoms with E-state index in [1.54, 1.807) is 36.4 Å². The fourth-order valence-electron chi connectivity index (χ4n) is 2.53. The second-order valence-corrected chi connectivity index (χ2v) is 5.78. The molecule has 3 rings (SSSR count). The van der Waals surface area contributed by atoms with E-state index in [9.17, 15) is 18.0 Å². The number of para-hydroxylation sites is 2. The molecule has 0 radical (unpaired) electrons. The number of amides is 1. The normalized spacial score (nSPS) is 11.7. The molecule has 130 valence electrons. The van der Waals surface area contributed by atoms with E-state index in [-0.39, 0.29) is 18.6 Å². The van der Waals surface area contributed by atoms with Gasteiger partial charge in [0.25, 0.3) is 5.91 Å². The highest BCUT2D eigenvalue weighted by Gasteiger charge is 2.37. The maximum absolute atomic E-state index is 13.2. The van der Waals surface area contributed by atoms with Crippen molar-refractivity contribution >= 4 is 28.5 Å². The third-order valence-corrected chi connectivity index (χ3v) is 3.85. The first-order chi connectivity index (χ1) is 11.9. The van der Waals surface area contributed by atoms with E-state index in [2.05, 4.69) is 10.3 Å². The summed E-state index contributed by atoms with van der Waals surface area (Å²) in [6, 6.07) is 12.7. The van der Waals surface area contributed by atoms with Crippen molar-refractivity contribution < 1.29 is 18.0 Å². The van der Waals surface area contributed by atoms with E-state index in [1.165, 1.54) is 12.1 Å². The third-order valence-electron chi connectivity index (χ3n) is 3.62. The van der Waals surface area contributed by atoms with Crippen LogP contribution in [-0.4, -0.2) is 22.0 Å². The van der Waals surface area contributed by atoms with Gasteiger partial charge in [0.2, 0.25) is 5.82 Å². The van der Waals surface area contributed by atoms with Gasteiger partial charge in [-0.1, -0.05) is 29.8 Å². The van der Waals surface area contributed by atoms with Gasteiger partial charge in [-0.2, -0.15) is 13.2 Å². The molecule has 0 fully saturated rings. The summed E-state index contributed by atoms with van der Waals surface area (Å²) >= 11 is 5.82. The largest absolute Gasteiger partial charge is 0.449 e. The first-order valence-electron chi connectivity index (χ1n) is 7.42. The first kappa shape index (κ1) is 17.3. The van der Waals surface area contributed by atoms with Gasteiger partial charge in [-0.25, -0.2) is 4.98 Å². The van der Waals surface area contributed by atoms with Crippen LogP contribution in [0, 0.1) is 0 Å². The highest BCUT2D eigenvalue weighted by molar-refractivity contribution is 6.30. The summed E-state index contributed by atoms with van der Waals surface area (Å²) < 4.78 is 40.7. The zero-order valence-electron chi connectivity index (χ0n) is 12.8. The number of alkyl halides is 3. The van der Waals surface area contributed by atoms with Gasteiger partial charge in [0.15, 0.2) is 0 Å². The van der Waals surface area contributed by atoms with E-state index in [4.69, 9.17) is 11.6 Å². The minimum absolute atomic E-state index is 0.0226. The van der Waals surface area contributed by atoms with Crippen molar-refractivity contribution in [3.63, 3.8) is 0 Å². The number of hydrogen-bond acceptors (Lipinski definition) is 2. The zero-order valence-corrected chi connectivity index (χ0v) is 13.6. The van der Waals surface area contributed by atoms with Crippen LogP contribution in [0.15, 0.2) is 48.5 Å². The minimum atomic E-state index is -4.57. The highest BCUT2D eigenvalue weighted by Crippen LogP contribution is 2.31. The summed E-state index contributed by atoms with van der Waals surface area (Å²) in [4.78, 5) is 15.7. The number of fused-ring (bicyclic) bond motifs is 1. The molecular formula is C17H13ClF3N3O. The molecule has 0 aliphatic heterocycles. The minimum Gasteiger partial charge on any atom is -0.350 e. The summed E-state index contributed by atoms with van der Waals surface area (Å²) in [5, 5.41) is 3.00. The van der Waals surface area contributed by atoms with Crippen LogP contribution >= 0.6 is 11.6 Å². The summed E-state index contributed by atoms with van der Waals surface area (Å²) in [7, 11) is 0. The maximum Gasteiger partial charge on any atom is 0.449 e. The van der Waals surface area contributed by atoms with Crippen LogP contribution in [0.4, 0.5) is 13.2 Å². The molecule has 2 aromatic carbocycles. The molecule has 0 bridgehead atoms. The Hall–Kier alpha value is -2.54. The SMILES string of the molecule is O=C(NCCn1c(C(F)(F)F)nc2ccccc21)c1cccc(Cl)c1. The Labute approximate surface area is 146 Å². The molecule has 0 saturated heterocycles. The lowest BCUT2D eigenvalue weighted by molar-refractivity contribution is -0.146. The van der Waals surface area contributed by atoms with Crippen LogP contribution in [0.2, 0.25) is 5.02 Å². The van der Waals surface area contributed by atoms with Gasteiger partial charge >= 0.3 is 6.18 Å². The van der Waals surface area contributed by atoms with Crippen molar-refractivity contribution in [3.05, 3.63) is 64.9 Å². The molecule has 0 unspecified atom stereocenters. The van der Waals surface area contributed by atoms with Gasteiger partial charge in [-0.3, -0.25) is 4.79 Å². The molecule has 1 amide bonds. The average Bonchev–Trinajstić information content (AvgIpc) is 2.94. The molecule has 1 heterocycles. The third kappa shape index (κ3) is 3.76. The molecule has 0 saturated carbocycles. The van der Waals surface area contributed by atoms with Crippen molar-refractivity contribution in [1.82, 2.24) is 14.9 Å². The molecule has 0 aliphatic carbocycles. The number of carbonyl (C=O) groups is 1. The monoisotopic (exact) mass is 367 g/mol. The van der Waals surface area contributed by atoms with Crippen molar-refractivity contribution in [2.75, 3.05) is 6.54 Å². The van der Waals surface area contributed by atoms with Crippen LogP contribution in [0.3, 0.4) is 0 Å². The van der Waals surface area contributed by atoms with Gasteiger partial charge in [0.05, 0.1) is 11.0 Å². The van der Waals surface area contributed by atoms with E-state index in [1.807, 2.05) is 0 Å². The standard InChI is InChI=1S/C17H13ClF3N3O/c18-12-5-3-4-11(10-12)15(25)22-8-9-24-14-7-2-1-6-13(14)23-16(24)17(19,20)21/h1-7,10H,8-9H2,(H,22,25). The van der Waals surface area contributed by atoms with Crippen molar-refractivity contribution in [1.29, 1.82) is 0 Å². The van der Waals surface area contributed by atoms with Crippen molar-refractivity contribution in [3.8, 4) is 0 Å². The molecule has 4 nitrogen and oxygen atoms in total. The van der Waals surface area contributed by atoms with Crippen molar-refractivity contribution in [2.45, 2.75) is 12.7 Å². The van der Waals surface area contributed by atoms with Gasteiger partial charge in [-0.15, -0.1) is 0 Å². The number of imidazole rings is 1. The number of halogens is 4. The Morgan fingerprint density at radius 3 is 2.64 bits per heavy atom. The molecule has 25 heavy (non-hydrogen) atoms. The van der Waals surface area contributed by atoms with E-state index in [0.717, 1.165) is 4.57 Å². The Morgan fingerprint density at radius 1 is 1.16 bits per heavy atom. The molecule has 0 spiro atoms. The lowest BCUT2D eigenvalue weighted by Crippen LogP contribution is -2.28. The quantitative estimate of drug-likeness (QED) is 0.753. The Kier molecular flexibility index (Phi) is 4.67. The number of benzene rings is 2. The topological polar surface area (TPSA) is 46.9 Å². The Bertz CT molecular complexity index is 921. The number of aromatic nitrogens is 2. The number of nitrogens with zero attached hydrogens (tertiary/aromatic N) is 2. The van der Waals surface area contributed by atoms with E-state index < -0.39 is 17.9 Å².